The summed E-state index contributed by atoms with van der Waals surface area (Å²) >= 11 is 0. The summed E-state index contributed by atoms with van der Waals surface area (Å²) in [6, 6.07) is 4.25. The quantitative estimate of drug-likeness (QED) is 0.796. The molecule has 2 aromatic rings. The number of furan rings is 1. The minimum Gasteiger partial charge on any atom is -0.472 e. The Hall–Kier alpha value is -2.28. The standard InChI is InChI=1S/C19H29N5O2/c1-4-22(5-2)19(25)23-8-6-9-24-18(14-23)11-17(20-24)13-21(3)12-16-7-10-26-15-16/h7,10-11,15H,4-6,8-9,12-14H2,1-3H3. The van der Waals surface area contributed by atoms with Crippen LogP contribution in [-0.2, 0) is 26.2 Å². The molecule has 1 aliphatic heterocycles. The molecule has 3 rings (SSSR count). The summed E-state index contributed by atoms with van der Waals surface area (Å²) in [4.78, 5) is 18.7. The largest absolute Gasteiger partial charge is 0.472 e. The number of nitrogens with zero attached hydrogens (tertiary/aromatic N) is 5. The van der Waals surface area contributed by atoms with E-state index in [1.165, 1.54) is 0 Å². The molecule has 7 nitrogen and oxygen atoms in total. The monoisotopic (exact) mass is 359 g/mol. The summed E-state index contributed by atoms with van der Waals surface area (Å²) in [5.74, 6) is 0. The van der Waals surface area contributed by atoms with Gasteiger partial charge in [-0.25, -0.2) is 4.79 Å². The van der Waals surface area contributed by atoms with Gasteiger partial charge in [0.25, 0.3) is 0 Å². The lowest BCUT2D eigenvalue weighted by Gasteiger charge is -2.28. The molecule has 3 heterocycles. The molecule has 2 amide bonds. The first-order chi connectivity index (χ1) is 12.6. The molecule has 0 bridgehead atoms. The molecule has 0 saturated carbocycles. The fourth-order valence-electron chi connectivity index (χ4n) is 3.48. The van der Waals surface area contributed by atoms with Gasteiger partial charge in [-0.2, -0.15) is 5.10 Å². The highest BCUT2D eigenvalue weighted by Crippen LogP contribution is 2.17. The Morgan fingerprint density at radius 2 is 2.08 bits per heavy atom. The number of aromatic nitrogens is 2. The lowest BCUT2D eigenvalue weighted by molar-refractivity contribution is 0.155. The minimum absolute atomic E-state index is 0.128. The fraction of sp³-hybridized carbons (Fsp3) is 0.579. The summed E-state index contributed by atoms with van der Waals surface area (Å²) in [7, 11) is 2.08. The van der Waals surface area contributed by atoms with Gasteiger partial charge >= 0.3 is 6.03 Å². The molecule has 142 valence electrons. The van der Waals surface area contributed by atoms with E-state index in [0.29, 0.717) is 6.54 Å². The number of hydrogen-bond acceptors (Lipinski definition) is 4. The number of carbonyl (C=O) groups is 1. The Kier molecular flexibility index (Phi) is 5.98. The van der Waals surface area contributed by atoms with E-state index < -0.39 is 0 Å². The highest BCUT2D eigenvalue weighted by atomic mass is 16.3. The van der Waals surface area contributed by atoms with Crippen LogP contribution in [0.4, 0.5) is 4.79 Å². The molecular formula is C19H29N5O2. The summed E-state index contributed by atoms with van der Waals surface area (Å²) in [5.41, 5.74) is 3.32. The maximum Gasteiger partial charge on any atom is 0.320 e. The van der Waals surface area contributed by atoms with Crippen LogP contribution in [0.1, 0.15) is 37.2 Å². The first-order valence-corrected chi connectivity index (χ1v) is 9.39. The second-order valence-electron chi connectivity index (χ2n) is 6.88. The van der Waals surface area contributed by atoms with E-state index in [4.69, 9.17) is 9.52 Å². The van der Waals surface area contributed by atoms with Crippen molar-refractivity contribution in [2.45, 2.75) is 46.4 Å². The molecule has 0 N–H and O–H groups in total. The van der Waals surface area contributed by atoms with Crippen LogP contribution in [0.5, 0.6) is 0 Å². The van der Waals surface area contributed by atoms with Gasteiger partial charge in [0, 0.05) is 44.8 Å². The summed E-state index contributed by atoms with van der Waals surface area (Å²) in [5, 5.41) is 4.76. The summed E-state index contributed by atoms with van der Waals surface area (Å²) in [6.07, 6.45) is 4.41. The van der Waals surface area contributed by atoms with Crippen molar-refractivity contribution in [3.8, 4) is 0 Å². The molecule has 2 aromatic heterocycles. The molecule has 0 unspecified atom stereocenters. The molecular weight excluding hydrogens is 330 g/mol. The van der Waals surface area contributed by atoms with E-state index in [2.05, 4.69) is 22.7 Å². The molecule has 26 heavy (non-hydrogen) atoms. The number of urea groups is 1. The Bertz CT molecular complexity index is 706. The van der Waals surface area contributed by atoms with E-state index in [-0.39, 0.29) is 6.03 Å². The lowest BCUT2D eigenvalue weighted by atomic mass is 10.3. The van der Waals surface area contributed by atoms with Crippen molar-refractivity contribution in [2.24, 2.45) is 0 Å². The van der Waals surface area contributed by atoms with Crippen molar-refractivity contribution in [2.75, 3.05) is 26.7 Å². The molecule has 0 spiro atoms. The first kappa shape index (κ1) is 18.5. The zero-order chi connectivity index (χ0) is 18.5. The SMILES string of the molecule is CCN(CC)C(=O)N1CCCn2nc(CN(C)Cc3ccoc3)cc2C1. The van der Waals surface area contributed by atoms with Crippen molar-refractivity contribution in [3.63, 3.8) is 0 Å². The number of amides is 2. The van der Waals surface area contributed by atoms with Crippen LogP contribution in [0.2, 0.25) is 0 Å². The average molecular weight is 359 g/mol. The molecule has 0 saturated heterocycles. The van der Waals surface area contributed by atoms with E-state index in [0.717, 1.165) is 62.6 Å². The average Bonchev–Trinajstić information content (AvgIpc) is 3.21. The third kappa shape index (κ3) is 4.27. The topological polar surface area (TPSA) is 57.8 Å². The van der Waals surface area contributed by atoms with E-state index in [9.17, 15) is 4.79 Å². The summed E-state index contributed by atoms with van der Waals surface area (Å²) < 4.78 is 7.20. The third-order valence-corrected chi connectivity index (χ3v) is 4.83. The Balaban J connectivity index is 1.65. The number of hydrogen-bond donors (Lipinski definition) is 0. The third-order valence-electron chi connectivity index (χ3n) is 4.83. The number of rotatable bonds is 6. The zero-order valence-electron chi connectivity index (χ0n) is 16.0. The van der Waals surface area contributed by atoms with E-state index in [1.807, 2.05) is 29.7 Å². The van der Waals surface area contributed by atoms with Crippen LogP contribution in [0.15, 0.2) is 29.1 Å². The molecule has 0 atom stereocenters. The predicted octanol–water partition coefficient (Wildman–Crippen LogP) is 2.78. The lowest BCUT2D eigenvalue weighted by Crippen LogP contribution is -2.42. The minimum atomic E-state index is 0.128. The zero-order valence-corrected chi connectivity index (χ0v) is 16.0. The van der Waals surface area contributed by atoms with Gasteiger partial charge in [-0.05, 0) is 39.4 Å². The molecule has 0 radical (unpaired) electrons. The molecule has 0 aromatic carbocycles. The van der Waals surface area contributed by atoms with E-state index in [1.54, 1.807) is 12.5 Å². The smallest absolute Gasteiger partial charge is 0.320 e. The van der Waals surface area contributed by atoms with E-state index >= 15 is 0 Å². The van der Waals surface area contributed by atoms with Crippen LogP contribution in [0.25, 0.3) is 0 Å². The van der Waals surface area contributed by atoms with Gasteiger partial charge in [0.15, 0.2) is 0 Å². The Labute approximate surface area is 155 Å². The number of fused-ring (bicyclic) bond motifs is 1. The van der Waals surface area contributed by atoms with Crippen LogP contribution in [0, 0.1) is 0 Å². The van der Waals surface area contributed by atoms with Gasteiger partial charge < -0.3 is 14.2 Å². The number of carbonyl (C=O) groups excluding carboxylic acids is 1. The molecule has 0 fully saturated rings. The van der Waals surface area contributed by atoms with Crippen LogP contribution in [-0.4, -0.2) is 57.2 Å². The number of aryl methyl sites for hydroxylation is 1. The highest BCUT2D eigenvalue weighted by Gasteiger charge is 2.23. The Morgan fingerprint density at radius 3 is 2.77 bits per heavy atom. The van der Waals surface area contributed by atoms with Gasteiger partial charge in [0.1, 0.15) is 0 Å². The maximum absolute atomic E-state index is 12.7. The highest BCUT2D eigenvalue weighted by molar-refractivity contribution is 5.74. The molecule has 1 aliphatic rings. The molecule has 7 heteroatoms. The van der Waals surface area contributed by atoms with Crippen molar-refractivity contribution in [1.29, 1.82) is 0 Å². The van der Waals surface area contributed by atoms with Crippen LogP contribution in [0.3, 0.4) is 0 Å². The van der Waals surface area contributed by atoms with Gasteiger partial charge in [0.2, 0.25) is 0 Å². The second-order valence-corrected chi connectivity index (χ2v) is 6.88. The summed E-state index contributed by atoms with van der Waals surface area (Å²) in [6.45, 7) is 9.42. The van der Waals surface area contributed by atoms with Gasteiger partial charge in [-0.1, -0.05) is 0 Å². The van der Waals surface area contributed by atoms with Gasteiger partial charge in [0.05, 0.1) is 30.5 Å². The first-order valence-electron chi connectivity index (χ1n) is 9.39. The second kappa shape index (κ2) is 8.40. The van der Waals surface area contributed by atoms with Crippen molar-refractivity contribution >= 4 is 6.03 Å². The van der Waals surface area contributed by atoms with Crippen LogP contribution >= 0.6 is 0 Å². The fourth-order valence-corrected chi connectivity index (χ4v) is 3.48. The normalized spacial score (nSPS) is 14.4. The maximum atomic E-state index is 12.7. The van der Waals surface area contributed by atoms with Gasteiger partial charge in [-0.15, -0.1) is 0 Å². The Morgan fingerprint density at radius 1 is 1.27 bits per heavy atom. The van der Waals surface area contributed by atoms with Crippen molar-refractivity contribution in [3.05, 3.63) is 41.6 Å². The van der Waals surface area contributed by atoms with Crippen LogP contribution < -0.4 is 0 Å². The predicted molar refractivity (Wildman–Crippen MR) is 99.5 cm³/mol. The van der Waals surface area contributed by atoms with Crippen molar-refractivity contribution in [1.82, 2.24) is 24.5 Å². The van der Waals surface area contributed by atoms with Gasteiger partial charge in [-0.3, -0.25) is 9.58 Å². The van der Waals surface area contributed by atoms with Crippen molar-refractivity contribution < 1.29 is 9.21 Å². The molecule has 0 aliphatic carbocycles.